The molecular formula is C20H41NSi. The fourth-order valence-electron chi connectivity index (χ4n) is 4.23. The Bertz CT molecular complexity index is 282. The summed E-state index contributed by atoms with van der Waals surface area (Å²) in [6.07, 6.45) is 15.6. The second-order valence-electron chi connectivity index (χ2n) is 7.67. The van der Waals surface area contributed by atoms with Gasteiger partial charge in [-0.1, -0.05) is 82.5 Å². The van der Waals surface area contributed by atoms with E-state index in [1.807, 2.05) is 0 Å². The molecular weight excluding hydrogens is 282 g/mol. The van der Waals surface area contributed by atoms with E-state index in [4.69, 9.17) is 0 Å². The molecule has 1 aliphatic heterocycles. The largest absolute Gasteiger partial charge is 0.306 e. The Morgan fingerprint density at radius 2 is 1.23 bits per heavy atom. The van der Waals surface area contributed by atoms with Crippen molar-refractivity contribution in [2.24, 2.45) is 0 Å². The van der Waals surface area contributed by atoms with Gasteiger partial charge in [0, 0.05) is 0 Å². The van der Waals surface area contributed by atoms with Gasteiger partial charge >= 0.3 is 0 Å². The van der Waals surface area contributed by atoms with Gasteiger partial charge < -0.3 is 4.90 Å². The van der Waals surface area contributed by atoms with Crippen molar-refractivity contribution >= 4 is 8.07 Å². The number of nitrogens with zero attached hydrogens (tertiary/aromatic N) is 1. The zero-order valence-corrected chi connectivity index (χ0v) is 16.8. The number of rotatable bonds is 7. The van der Waals surface area contributed by atoms with Crippen LogP contribution in [0.2, 0.25) is 12.1 Å². The SMILES string of the molecule is C=C(C)[Si](CCC)(CCC)CN1CCCCCCCCCC1. The standard InChI is InChI=1S/C20H41NSi/c1-5-17-22(18-6-2,20(3)4)19-21-15-13-11-9-7-8-10-12-14-16-21/h3,5-19H2,1-2,4H3. The van der Waals surface area contributed by atoms with Gasteiger partial charge in [-0.25, -0.2) is 0 Å². The molecule has 0 unspecified atom stereocenters. The highest BCUT2D eigenvalue weighted by atomic mass is 28.3. The maximum Gasteiger partial charge on any atom is 0.0946 e. The average Bonchev–Trinajstić information content (AvgIpc) is 2.53. The molecule has 0 spiro atoms. The molecule has 0 aromatic heterocycles. The minimum absolute atomic E-state index is 1.31. The maximum atomic E-state index is 4.46. The number of hydrogen-bond acceptors (Lipinski definition) is 1. The third kappa shape index (κ3) is 7.00. The third-order valence-corrected chi connectivity index (χ3v) is 11.4. The molecule has 1 rings (SSSR count). The Morgan fingerprint density at radius 3 is 1.59 bits per heavy atom. The molecule has 1 aliphatic rings. The van der Waals surface area contributed by atoms with Gasteiger partial charge in [0.2, 0.25) is 0 Å². The lowest BCUT2D eigenvalue weighted by molar-refractivity contribution is 0.297. The van der Waals surface area contributed by atoms with Gasteiger partial charge in [0.05, 0.1) is 8.07 Å². The van der Waals surface area contributed by atoms with Crippen LogP contribution in [0.5, 0.6) is 0 Å². The van der Waals surface area contributed by atoms with Crippen molar-refractivity contribution in [2.45, 2.75) is 97.1 Å². The summed E-state index contributed by atoms with van der Waals surface area (Å²) in [5.41, 5.74) is 0. The zero-order valence-electron chi connectivity index (χ0n) is 15.8. The molecule has 0 aliphatic carbocycles. The summed E-state index contributed by atoms with van der Waals surface area (Å²) in [5.74, 6) is 0. The first kappa shape index (κ1) is 20.0. The van der Waals surface area contributed by atoms with Crippen LogP contribution in [0.4, 0.5) is 0 Å². The number of allylic oxidation sites excluding steroid dienone is 1. The van der Waals surface area contributed by atoms with Crippen molar-refractivity contribution in [3.8, 4) is 0 Å². The first-order valence-corrected chi connectivity index (χ1v) is 12.6. The van der Waals surface area contributed by atoms with Crippen molar-refractivity contribution in [1.82, 2.24) is 4.90 Å². The molecule has 0 aromatic rings. The second kappa shape index (κ2) is 11.5. The van der Waals surface area contributed by atoms with Crippen LogP contribution >= 0.6 is 0 Å². The van der Waals surface area contributed by atoms with Crippen molar-refractivity contribution in [3.63, 3.8) is 0 Å². The third-order valence-electron chi connectivity index (χ3n) is 5.59. The Kier molecular flexibility index (Phi) is 10.4. The molecule has 1 fully saturated rings. The lowest BCUT2D eigenvalue weighted by Gasteiger charge is -2.38. The highest BCUT2D eigenvalue weighted by Crippen LogP contribution is 2.28. The molecule has 1 saturated heterocycles. The lowest BCUT2D eigenvalue weighted by Crippen LogP contribution is -2.49. The van der Waals surface area contributed by atoms with Gasteiger partial charge in [-0.05, 0) is 39.0 Å². The maximum absolute atomic E-state index is 4.46. The Labute approximate surface area is 141 Å². The van der Waals surface area contributed by atoms with Crippen LogP contribution in [-0.4, -0.2) is 32.2 Å². The molecule has 0 aromatic carbocycles. The van der Waals surface area contributed by atoms with Crippen molar-refractivity contribution in [2.75, 3.05) is 19.3 Å². The molecule has 0 saturated carbocycles. The van der Waals surface area contributed by atoms with Crippen molar-refractivity contribution < 1.29 is 0 Å². The second-order valence-corrected chi connectivity index (χ2v) is 12.4. The predicted octanol–water partition coefficient (Wildman–Crippen LogP) is 6.35. The molecule has 1 heterocycles. The summed E-state index contributed by atoms with van der Waals surface area (Å²) >= 11 is 0. The van der Waals surface area contributed by atoms with Gasteiger partial charge in [-0.3, -0.25) is 0 Å². The summed E-state index contributed by atoms with van der Waals surface area (Å²) in [6, 6.07) is 2.90. The summed E-state index contributed by atoms with van der Waals surface area (Å²) in [4.78, 5) is 2.84. The smallest absolute Gasteiger partial charge is 0.0946 e. The summed E-state index contributed by atoms with van der Waals surface area (Å²) in [5, 5.41) is 1.56. The van der Waals surface area contributed by atoms with E-state index < -0.39 is 8.07 Å². The van der Waals surface area contributed by atoms with Crippen LogP contribution in [0, 0.1) is 0 Å². The summed E-state index contributed by atoms with van der Waals surface area (Å²) in [6.45, 7) is 14.2. The zero-order chi connectivity index (χ0) is 16.3. The number of hydrogen-bond donors (Lipinski definition) is 0. The van der Waals surface area contributed by atoms with Gasteiger partial charge in [0.15, 0.2) is 0 Å². The Hall–Kier alpha value is -0.0831. The van der Waals surface area contributed by atoms with Gasteiger partial charge in [-0.2, -0.15) is 0 Å². The molecule has 130 valence electrons. The molecule has 0 N–H and O–H groups in total. The average molecular weight is 324 g/mol. The van der Waals surface area contributed by atoms with Crippen LogP contribution in [0.25, 0.3) is 0 Å². The van der Waals surface area contributed by atoms with Crippen LogP contribution in [0.1, 0.15) is 85.0 Å². The summed E-state index contributed by atoms with van der Waals surface area (Å²) < 4.78 is 0. The summed E-state index contributed by atoms with van der Waals surface area (Å²) in [7, 11) is -1.31. The van der Waals surface area contributed by atoms with E-state index in [1.165, 1.54) is 95.6 Å². The molecule has 1 nitrogen and oxygen atoms in total. The van der Waals surface area contributed by atoms with E-state index >= 15 is 0 Å². The van der Waals surface area contributed by atoms with Crippen LogP contribution in [-0.2, 0) is 0 Å². The monoisotopic (exact) mass is 323 g/mol. The minimum atomic E-state index is -1.31. The first-order chi connectivity index (χ1) is 10.6. The molecule has 0 atom stereocenters. The van der Waals surface area contributed by atoms with E-state index in [0.29, 0.717) is 0 Å². The first-order valence-electron chi connectivity index (χ1n) is 10.0. The molecule has 0 amide bonds. The quantitative estimate of drug-likeness (QED) is 0.494. The van der Waals surface area contributed by atoms with E-state index in [2.05, 4.69) is 32.3 Å². The lowest BCUT2D eigenvalue weighted by atomic mass is 10.1. The van der Waals surface area contributed by atoms with E-state index in [-0.39, 0.29) is 0 Å². The van der Waals surface area contributed by atoms with E-state index in [1.54, 1.807) is 5.20 Å². The van der Waals surface area contributed by atoms with Gasteiger partial charge in [0.1, 0.15) is 0 Å². The van der Waals surface area contributed by atoms with Crippen molar-refractivity contribution in [3.05, 3.63) is 11.8 Å². The fourth-order valence-corrected chi connectivity index (χ4v) is 9.01. The molecule has 0 bridgehead atoms. The Balaban J connectivity index is 2.70. The molecule has 0 radical (unpaired) electrons. The Morgan fingerprint density at radius 1 is 0.818 bits per heavy atom. The highest BCUT2D eigenvalue weighted by molar-refractivity contribution is 6.86. The predicted molar refractivity (Wildman–Crippen MR) is 104 cm³/mol. The van der Waals surface area contributed by atoms with Crippen LogP contribution in [0.3, 0.4) is 0 Å². The van der Waals surface area contributed by atoms with Gasteiger partial charge in [0.25, 0.3) is 0 Å². The highest BCUT2D eigenvalue weighted by Gasteiger charge is 2.33. The van der Waals surface area contributed by atoms with E-state index in [9.17, 15) is 0 Å². The van der Waals surface area contributed by atoms with Crippen molar-refractivity contribution in [1.29, 1.82) is 0 Å². The normalized spacial score (nSPS) is 19.6. The van der Waals surface area contributed by atoms with E-state index in [0.717, 1.165) is 0 Å². The molecule has 22 heavy (non-hydrogen) atoms. The fraction of sp³-hybridized carbons (Fsp3) is 0.900. The van der Waals surface area contributed by atoms with Crippen LogP contribution in [0.15, 0.2) is 11.8 Å². The molecule has 2 heteroatoms. The minimum Gasteiger partial charge on any atom is -0.306 e. The van der Waals surface area contributed by atoms with Gasteiger partial charge in [-0.15, -0.1) is 6.58 Å². The van der Waals surface area contributed by atoms with Crippen LogP contribution < -0.4 is 0 Å². The topological polar surface area (TPSA) is 3.24 Å².